The van der Waals surface area contributed by atoms with Gasteiger partial charge in [-0.25, -0.2) is 0 Å². The third-order valence-electron chi connectivity index (χ3n) is 4.86. The molecule has 2 aromatic rings. The standard InChI is InChI=1S/C21H29N5O3/c1-15(2)11-19-23-21(24-29-19)18-6-4-5-17(12-18)14-25-7-9-26(10-8-25)20(28)13-22-16(3)27/h4-6,12,15H,7-11,13-14H2,1-3H3,(H,22,27). The zero-order chi connectivity index (χ0) is 20.8. The molecule has 1 aromatic carbocycles. The number of nitrogens with one attached hydrogen (secondary N) is 1. The molecular formula is C21H29N5O3. The Balaban J connectivity index is 1.54. The fraction of sp³-hybridized carbons (Fsp3) is 0.524. The van der Waals surface area contributed by atoms with E-state index in [0.717, 1.165) is 31.6 Å². The molecule has 156 valence electrons. The van der Waals surface area contributed by atoms with Crippen molar-refractivity contribution in [1.82, 2.24) is 25.3 Å². The van der Waals surface area contributed by atoms with Crippen LogP contribution in [0.5, 0.6) is 0 Å². The summed E-state index contributed by atoms with van der Waals surface area (Å²) >= 11 is 0. The SMILES string of the molecule is CC(=O)NCC(=O)N1CCN(Cc2cccc(-c3noc(CC(C)C)n3)c2)CC1. The first kappa shape index (κ1) is 21.0. The molecule has 2 heterocycles. The summed E-state index contributed by atoms with van der Waals surface area (Å²) in [5.41, 5.74) is 2.13. The maximum atomic E-state index is 12.1. The lowest BCUT2D eigenvalue weighted by atomic mass is 10.1. The van der Waals surface area contributed by atoms with E-state index in [1.807, 2.05) is 12.1 Å². The van der Waals surface area contributed by atoms with Crippen LogP contribution in [-0.2, 0) is 22.6 Å². The van der Waals surface area contributed by atoms with Crippen LogP contribution in [0.4, 0.5) is 0 Å². The van der Waals surface area contributed by atoms with Crippen molar-refractivity contribution in [2.75, 3.05) is 32.7 Å². The Labute approximate surface area is 171 Å². The summed E-state index contributed by atoms with van der Waals surface area (Å²) < 4.78 is 5.35. The molecule has 1 fully saturated rings. The molecule has 2 amide bonds. The summed E-state index contributed by atoms with van der Waals surface area (Å²) in [6.07, 6.45) is 0.775. The molecule has 0 unspecified atom stereocenters. The predicted molar refractivity (Wildman–Crippen MR) is 109 cm³/mol. The van der Waals surface area contributed by atoms with E-state index in [9.17, 15) is 9.59 Å². The Bertz CT molecular complexity index is 840. The molecule has 3 rings (SSSR count). The van der Waals surface area contributed by atoms with Gasteiger partial charge in [0.15, 0.2) is 0 Å². The Morgan fingerprint density at radius 1 is 1.21 bits per heavy atom. The first-order valence-corrected chi connectivity index (χ1v) is 10.1. The van der Waals surface area contributed by atoms with Gasteiger partial charge in [0.1, 0.15) is 0 Å². The molecule has 8 nitrogen and oxygen atoms in total. The highest BCUT2D eigenvalue weighted by atomic mass is 16.5. The molecule has 0 aliphatic carbocycles. The Hall–Kier alpha value is -2.74. The topological polar surface area (TPSA) is 91.6 Å². The average Bonchev–Trinajstić information content (AvgIpc) is 3.15. The van der Waals surface area contributed by atoms with E-state index in [4.69, 9.17) is 4.52 Å². The van der Waals surface area contributed by atoms with Gasteiger partial charge in [-0.15, -0.1) is 0 Å². The third-order valence-corrected chi connectivity index (χ3v) is 4.86. The minimum Gasteiger partial charge on any atom is -0.347 e. The van der Waals surface area contributed by atoms with Crippen molar-refractivity contribution >= 4 is 11.8 Å². The van der Waals surface area contributed by atoms with Crippen molar-refractivity contribution in [1.29, 1.82) is 0 Å². The van der Waals surface area contributed by atoms with Crippen molar-refractivity contribution < 1.29 is 14.1 Å². The van der Waals surface area contributed by atoms with Crippen LogP contribution in [0.1, 0.15) is 32.2 Å². The van der Waals surface area contributed by atoms with Crippen LogP contribution in [0.25, 0.3) is 11.4 Å². The molecule has 0 spiro atoms. The van der Waals surface area contributed by atoms with Crippen molar-refractivity contribution in [3.63, 3.8) is 0 Å². The summed E-state index contributed by atoms with van der Waals surface area (Å²) in [5, 5.41) is 6.68. The van der Waals surface area contributed by atoms with Crippen LogP contribution >= 0.6 is 0 Å². The maximum Gasteiger partial charge on any atom is 0.242 e. The van der Waals surface area contributed by atoms with Gasteiger partial charge in [0.25, 0.3) is 0 Å². The lowest BCUT2D eigenvalue weighted by molar-refractivity contribution is -0.134. The number of hydrogen-bond acceptors (Lipinski definition) is 6. The zero-order valence-corrected chi connectivity index (χ0v) is 17.4. The Morgan fingerprint density at radius 3 is 2.66 bits per heavy atom. The van der Waals surface area contributed by atoms with Crippen LogP contribution in [0.3, 0.4) is 0 Å². The van der Waals surface area contributed by atoms with Crippen LogP contribution in [-0.4, -0.2) is 64.5 Å². The molecule has 1 N–H and O–H groups in total. The first-order valence-electron chi connectivity index (χ1n) is 10.1. The number of amides is 2. The number of benzene rings is 1. The van der Waals surface area contributed by atoms with Crippen molar-refractivity contribution in [3.8, 4) is 11.4 Å². The highest BCUT2D eigenvalue weighted by Gasteiger charge is 2.21. The van der Waals surface area contributed by atoms with E-state index in [1.165, 1.54) is 12.5 Å². The van der Waals surface area contributed by atoms with Gasteiger partial charge in [0.05, 0.1) is 6.54 Å². The fourth-order valence-electron chi connectivity index (χ4n) is 3.34. The summed E-state index contributed by atoms with van der Waals surface area (Å²) in [6.45, 7) is 9.48. The quantitative estimate of drug-likeness (QED) is 0.762. The fourth-order valence-corrected chi connectivity index (χ4v) is 3.34. The van der Waals surface area contributed by atoms with Crippen LogP contribution < -0.4 is 5.32 Å². The summed E-state index contributed by atoms with van der Waals surface area (Å²) in [5.74, 6) is 1.54. The molecule has 1 aromatic heterocycles. The number of rotatable bonds is 7. The minimum atomic E-state index is -0.185. The molecule has 1 aliphatic rings. The zero-order valence-electron chi connectivity index (χ0n) is 17.4. The second-order valence-electron chi connectivity index (χ2n) is 7.88. The predicted octanol–water partition coefficient (Wildman–Crippen LogP) is 1.72. The molecular weight excluding hydrogens is 370 g/mol. The summed E-state index contributed by atoms with van der Waals surface area (Å²) in [7, 11) is 0. The van der Waals surface area contributed by atoms with Gasteiger partial charge in [-0.2, -0.15) is 4.98 Å². The number of nitrogens with zero attached hydrogens (tertiary/aromatic N) is 4. The van der Waals surface area contributed by atoms with Crippen LogP contribution in [0.2, 0.25) is 0 Å². The molecule has 0 atom stereocenters. The van der Waals surface area contributed by atoms with E-state index in [0.29, 0.717) is 30.7 Å². The molecule has 8 heteroatoms. The van der Waals surface area contributed by atoms with E-state index >= 15 is 0 Å². The number of carbonyl (C=O) groups is 2. The van der Waals surface area contributed by atoms with E-state index in [1.54, 1.807) is 4.90 Å². The molecule has 1 saturated heterocycles. The average molecular weight is 399 g/mol. The van der Waals surface area contributed by atoms with Crippen molar-refractivity contribution in [2.45, 2.75) is 33.7 Å². The van der Waals surface area contributed by atoms with Crippen molar-refractivity contribution in [2.24, 2.45) is 5.92 Å². The number of piperazine rings is 1. The highest BCUT2D eigenvalue weighted by molar-refractivity contribution is 5.83. The smallest absolute Gasteiger partial charge is 0.242 e. The van der Waals surface area contributed by atoms with Crippen molar-refractivity contribution in [3.05, 3.63) is 35.7 Å². The molecule has 0 radical (unpaired) electrons. The second kappa shape index (κ2) is 9.65. The maximum absolute atomic E-state index is 12.1. The van der Waals surface area contributed by atoms with Gasteiger partial charge >= 0.3 is 0 Å². The van der Waals surface area contributed by atoms with Gasteiger partial charge in [-0.3, -0.25) is 14.5 Å². The minimum absolute atomic E-state index is 0.0313. The lowest BCUT2D eigenvalue weighted by Crippen LogP contribution is -2.50. The van der Waals surface area contributed by atoms with Gasteiger partial charge in [0.2, 0.25) is 23.5 Å². The van der Waals surface area contributed by atoms with E-state index in [-0.39, 0.29) is 18.4 Å². The monoisotopic (exact) mass is 399 g/mol. The number of aromatic nitrogens is 2. The first-order chi connectivity index (χ1) is 13.9. The molecule has 29 heavy (non-hydrogen) atoms. The van der Waals surface area contributed by atoms with Gasteiger partial charge in [-0.1, -0.05) is 37.2 Å². The highest BCUT2D eigenvalue weighted by Crippen LogP contribution is 2.20. The Morgan fingerprint density at radius 2 is 1.97 bits per heavy atom. The van der Waals surface area contributed by atoms with Crippen LogP contribution in [0, 0.1) is 5.92 Å². The van der Waals surface area contributed by atoms with Gasteiger partial charge in [-0.05, 0) is 17.5 Å². The Kier molecular flexibility index (Phi) is 6.98. The lowest BCUT2D eigenvalue weighted by Gasteiger charge is -2.34. The largest absolute Gasteiger partial charge is 0.347 e. The van der Waals surface area contributed by atoms with E-state index in [2.05, 4.69) is 46.3 Å². The molecule has 1 aliphatic heterocycles. The molecule has 0 bridgehead atoms. The van der Waals surface area contributed by atoms with Gasteiger partial charge < -0.3 is 14.7 Å². The van der Waals surface area contributed by atoms with Gasteiger partial charge in [0, 0.05) is 51.6 Å². The number of hydrogen-bond donors (Lipinski definition) is 1. The van der Waals surface area contributed by atoms with Crippen LogP contribution in [0.15, 0.2) is 28.8 Å². The molecule has 0 saturated carbocycles. The summed E-state index contributed by atoms with van der Waals surface area (Å²) in [6, 6.07) is 8.19. The summed E-state index contributed by atoms with van der Waals surface area (Å²) in [4.78, 5) is 31.7. The number of carbonyl (C=O) groups excluding carboxylic acids is 2. The van der Waals surface area contributed by atoms with E-state index < -0.39 is 0 Å². The second-order valence-corrected chi connectivity index (χ2v) is 7.88. The third kappa shape index (κ3) is 6.12. The normalized spacial score (nSPS) is 15.0.